The Hall–Kier alpha value is -3.12. The van der Waals surface area contributed by atoms with Crippen LogP contribution in [0.3, 0.4) is 0 Å². The topological polar surface area (TPSA) is 71.3 Å². The molecule has 6 nitrogen and oxygen atoms in total. The van der Waals surface area contributed by atoms with Crippen molar-refractivity contribution in [2.45, 2.75) is 13.0 Å². The highest BCUT2D eigenvalue weighted by molar-refractivity contribution is 6.46. The van der Waals surface area contributed by atoms with Gasteiger partial charge in [0.2, 0.25) is 0 Å². The Morgan fingerprint density at radius 2 is 1.69 bits per heavy atom. The van der Waals surface area contributed by atoms with Gasteiger partial charge >= 0.3 is 0 Å². The molecule has 6 heteroatoms. The fourth-order valence-corrected chi connectivity index (χ4v) is 3.45. The number of methoxy groups -OCH3 is 1. The zero-order valence-electron chi connectivity index (χ0n) is 17.2. The van der Waals surface area contributed by atoms with Gasteiger partial charge in [0.25, 0.3) is 11.7 Å². The van der Waals surface area contributed by atoms with E-state index in [0.29, 0.717) is 24.4 Å². The summed E-state index contributed by atoms with van der Waals surface area (Å²) in [5, 5.41) is 11.0. The van der Waals surface area contributed by atoms with Gasteiger partial charge in [-0.05, 0) is 36.8 Å². The van der Waals surface area contributed by atoms with Crippen LogP contribution < -0.4 is 9.64 Å². The van der Waals surface area contributed by atoms with Crippen molar-refractivity contribution in [1.29, 1.82) is 0 Å². The Balaban J connectivity index is 2.11. The first-order valence-electron chi connectivity index (χ1n) is 9.62. The fraction of sp³-hybridized carbons (Fsp3) is 0.304. The van der Waals surface area contributed by atoms with Crippen molar-refractivity contribution in [2.24, 2.45) is 0 Å². The lowest BCUT2D eigenvalue weighted by Gasteiger charge is -2.25. The minimum absolute atomic E-state index is 0.123. The van der Waals surface area contributed by atoms with Gasteiger partial charge in [0.15, 0.2) is 0 Å². The standard InChI is InChI=1S/C23H26N2O4/c1-15-5-7-16(8-6-15)20-19(21(26)17-9-11-18(29-4)12-10-17)22(27)23(28)25(20)14-13-24(2)3/h5-12,20,26H,13-14H2,1-4H3/p+1/t20-/m0/s1. The Labute approximate surface area is 171 Å². The predicted octanol–water partition coefficient (Wildman–Crippen LogP) is 1.57. The van der Waals surface area contributed by atoms with Crippen molar-refractivity contribution in [1.82, 2.24) is 4.90 Å². The first-order chi connectivity index (χ1) is 13.8. The molecule has 1 fully saturated rings. The quantitative estimate of drug-likeness (QED) is 0.443. The normalized spacial score (nSPS) is 18.5. The largest absolute Gasteiger partial charge is 0.507 e. The van der Waals surface area contributed by atoms with E-state index < -0.39 is 17.7 Å². The molecule has 0 spiro atoms. The van der Waals surface area contributed by atoms with Crippen LogP contribution in [0.1, 0.15) is 22.7 Å². The van der Waals surface area contributed by atoms with Crippen LogP contribution in [0, 0.1) is 6.92 Å². The predicted molar refractivity (Wildman–Crippen MR) is 111 cm³/mol. The maximum absolute atomic E-state index is 12.9. The molecule has 0 aliphatic carbocycles. The number of quaternary nitrogens is 1. The third-order valence-electron chi connectivity index (χ3n) is 5.15. The number of likely N-dealkylation sites (N-methyl/N-ethyl adjacent to an activating group) is 1. The van der Waals surface area contributed by atoms with Crippen LogP contribution in [0.25, 0.3) is 5.76 Å². The molecule has 1 amide bonds. The molecule has 0 aromatic heterocycles. The van der Waals surface area contributed by atoms with Gasteiger partial charge in [0.1, 0.15) is 11.5 Å². The van der Waals surface area contributed by atoms with Gasteiger partial charge < -0.3 is 19.6 Å². The SMILES string of the molecule is COc1ccc(C(O)=C2C(=O)C(=O)N(CC[NH+](C)C)[C@H]2c2ccc(C)cc2)cc1. The molecule has 1 atom stereocenters. The van der Waals surface area contributed by atoms with Gasteiger partial charge in [0, 0.05) is 5.56 Å². The van der Waals surface area contributed by atoms with Crippen molar-refractivity contribution < 1.29 is 24.3 Å². The highest BCUT2D eigenvalue weighted by Gasteiger charge is 2.46. The number of aryl methyl sites for hydroxylation is 1. The third-order valence-corrected chi connectivity index (χ3v) is 5.15. The van der Waals surface area contributed by atoms with E-state index in [9.17, 15) is 14.7 Å². The lowest BCUT2D eigenvalue weighted by molar-refractivity contribution is -0.857. The monoisotopic (exact) mass is 395 g/mol. The van der Waals surface area contributed by atoms with E-state index in [1.54, 1.807) is 36.3 Å². The minimum Gasteiger partial charge on any atom is -0.507 e. The number of nitrogens with one attached hydrogen (secondary N) is 1. The van der Waals surface area contributed by atoms with Crippen molar-refractivity contribution in [3.05, 3.63) is 70.8 Å². The Morgan fingerprint density at radius 1 is 1.07 bits per heavy atom. The lowest BCUT2D eigenvalue weighted by atomic mass is 9.94. The smallest absolute Gasteiger partial charge is 0.295 e. The summed E-state index contributed by atoms with van der Waals surface area (Å²) in [6, 6.07) is 13.9. The molecule has 2 aromatic rings. The summed E-state index contributed by atoms with van der Waals surface area (Å²) in [6.07, 6.45) is 0. The summed E-state index contributed by atoms with van der Waals surface area (Å²) in [5.74, 6) is -0.758. The first-order valence-corrected chi connectivity index (χ1v) is 9.62. The molecule has 1 saturated heterocycles. The van der Waals surface area contributed by atoms with Crippen molar-refractivity contribution in [3.8, 4) is 5.75 Å². The summed E-state index contributed by atoms with van der Waals surface area (Å²) in [4.78, 5) is 28.5. The number of carbonyl (C=O) groups is 2. The van der Waals surface area contributed by atoms with Crippen LogP contribution in [0.5, 0.6) is 5.75 Å². The second kappa shape index (κ2) is 8.49. The van der Waals surface area contributed by atoms with E-state index in [4.69, 9.17) is 4.74 Å². The number of aliphatic hydroxyl groups is 1. The van der Waals surface area contributed by atoms with E-state index in [1.807, 2.05) is 45.3 Å². The number of likely N-dealkylation sites (tertiary alicyclic amines) is 1. The molecule has 152 valence electrons. The van der Waals surface area contributed by atoms with Crippen molar-refractivity contribution in [3.63, 3.8) is 0 Å². The van der Waals surface area contributed by atoms with Crippen molar-refractivity contribution in [2.75, 3.05) is 34.3 Å². The molecule has 0 saturated carbocycles. The molecule has 1 heterocycles. The average Bonchev–Trinajstić information content (AvgIpc) is 2.97. The van der Waals surface area contributed by atoms with Gasteiger partial charge in [-0.25, -0.2) is 0 Å². The van der Waals surface area contributed by atoms with E-state index in [2.05, 4.69) is 0 Å². The summed E-state index contributed by atoms with van der Waals surface area (Å²) in [5.41, 5.74) is 2.48. The highest BCUT2D eigenvalue weighted by atomic mass is 16.5. The maximum Gasteiger partial charge on any atom is 0.295 e. The van der Waals surface area contributed by atoms with Gasteiger partial charge in [-0.1, -0.05) is 29.8 Å². The van der Waals surface area contributed by atoms with Gasteiger partial charge in [-0.3, -0.25) is 9.59 Å². The summed E-state index contributed by atoms with van der Waals surface area (Å²) in [6.45, 7) is 3.09. The van der Waals surface area contributed by atoms with Crippen LogP contribution in [0.2, 0.25) is 0 Å². The van der Waals surface area contributed by atoms with E-state index in [0.717, 1.165) is 11.1 Å². The van der Waals surface area contributed by atoms with Crippen LogP contribution >= 0.6 is 0 Å². The molecular weight excluding hydrogens is 368 g/mol. The number of amides is 1. The molecule has 29 heavy (non-hydrogen) atoms. The second-order valence-corrected chi connectivity index (χ2v) is 7.59. The lowest BCUT2D eigenvalue weighted by Crippen LogP contribution is -3.06. The van der Waals surface area contributed by atoms with Gasteiger partial charge in [-0.2, -0.15) is 0 Å². The van der Waals surface area contributed by atoms with Crippen LogP contribution in [0.4, 0.5) is 0 Å². The molecule has 2 N–H and O–H groups in total. The number of Topliss-reactive ketones (excluding diaryl/α,β-unsaturated/α-hetero) is 1. The number of rotatable bonds is 6. The number of aliphatic hydroxyl groups excluding tert-OH is 1. The van der Waals surface area contributed by atoms with E-state index >= 15 is 0 Å². The van der Waals surface area contributed by atoms with Gasteiger partial charge in [0.05, 0.1) is 45.9 Å². The van der Waals surface area contributed by atoms with Crippen LogP contribution in [-0.4, -0.2) is 56.0 Å². The Kier molecular flexibility index (Phi) is 6.03. The zero-order chi connectivity index (χ0) is 21.1. The molecule has 0 unspecified atom stereocenters. The Bertz CT molecular complexity index is 930. The van der Waals surface area contributed by atoms with Crippen molar-refractivity contribution >= 4 is 17.4 Å². The zero-order valence-corrected chi connectivity index (χ0v) is 17.2. The number of ether oxygens (including phenoxy) is 1. The number of carbonyl (C=O) groups excluding carboxylic acids is 2. The molecule has 0 bridgehead atoms. The minimum atomic E-state index is -0.655. The number of ketones is 1. The fourth-order valence-electron chi connectivity index (χ4n) is 3.45. The maximum atomic E-state index is 12.9. The molecule has 3 rings (SSSR count). The number of benzene rings is 2. The first kappa shape index (κ1) is 20.6. The van der Waals surface area contributed by atoms with Crippen LogP contribution in [0.15, 0.2) is 54.1 Å². The van der Waals surface area contributed by atoms with E-state index in [-0.39, 0.29) is 11.3 Å². The second-order valence-electron chi connectivity index (χ2n) is 7.59. The summed E-state index contributed by atoms with van der Waals surface area (Å²) in [7, 11) is 5.55. The van der Waals surface area contributed by atoms with E-state index in [1.165, 1.54) is 4.90 Å². The Morgan fingerprint density at radius 3 is 2.24 bits per heavy atom. The third kappa shape index (κ3) is 4.17. The number of nitrogens with zero attached hydrogens (tertiary/aromatic N) is 1. The molecule has 1 aliphatic heterocycles. The number of hydrogen-bond acceptors (Lipinski definition) is 4. The molecule has 2 aromatic carbocycles. The average molecular weight is 395 g/mol. The molecular formula is C23H27N2O4+. The van der Waals surface area contributed by atoms with Gasteiger partial charge in [-0.15, -0.1) is 0 Å². The molecule has 1 aliphatic rings. The number of hydrogen-bond donors (Lipinski definition) is 2. The summed E-state index contributed by atoms with van der Waals surface area (Å²) < 4.78 is 5.16. The van der Waals surface area contributed by atoms with Crippen LogP contribution in [-0.2, 0) is 9.59 Å². The molecule has 0 radical (unpaired) electrons. The highest BCUT2D eigenvalue weighted by Crippen LogP contribution is 2.39. The summed E-state index contributed by atoms with van der Waals surface area (Å²) >= 11 is 0.